The van der Waals surface area contributed by atoms with Gasteiger partial charge in [-0.15, -0.1) is 0 Å². The lowest BCUT2D eigenvalue weighted by molar-refractivity contribution is -0.0682. The molecule has 3 heteroatoms. The van der Waals surface area contributed by atoms with Crippen molar-refractivity contribution in [3.63, 3.8) is 0 Å². The molecule has 0 amide bonds. The van der Waals surface area contributed by atoms with Crippen molar-refractivity contribution < 1.29 is 9.47 Å². The van der Waals surface area contributed by atoms with Crippen molar-refractivity contribution in [1.82, 2.24) is 4.90 Å². The zero-order valence-electron chi connectivity index (χ0n) is 17.9. The third-order valence-electron chi connectivity index (χ3n) is 5.70. The third kappa shape index (κ3) is 5.59. The van der Waals surface area contributed by atoms with Crippen LogP contribution in [0.15, 0.2) is 54.6 Å². The molecule has 1 aliphatic heterocycles. The van der Waals surface area contributed by atoms with Crippen LogP contribution in [0.2, 0.25) is 0 Å². The van der Waals surface area contributed by atoms with Crippen molar-refractivity contribution in [3.8, 4) is 5.75 Å². The van der Waals surface area contributed by atoms with E-state index in [1.165, 1.54) is 17.5 Å². The van der Waals surface area contributed by atoms with Gasteiger partial charge in [0.1, 0.15) is 5.75 Å². The summed E-state index contributed by atoms with van der Waals surface area (Å²) in [5, 5.41) is 0. The molecule has 1 saturated heterocycles. The van der Waals surface area contributed by atoms with Crippen LogP contribution in [0.25, 0.3) is 0 Å². The first kappa shape index (κ1) is 20.9. The van der Waals surface area contributed by atoms with Gasteiger partial charge >= 0.3 is 0 Å². The molecular weight excluding hydrogens is 346 g/mol. The molecule has 0 saturated carbocycles. The molecule has 0 radical (unpaired) electrons. The minimum atomic E-state index is -0.00772. The normalized spacial score (nSPS) is 20.9. The van der Waals surface area contributed by atoms with Gasteiger partial charge in [-0.3, -0.25) is 4.90 Å². The van der Waals surface area contributed by atoms with Crippen LogP contribution in [-0.4, -0.2) is 43.3 Å². The fraction of sp³-hybridized carbons (Fsp3) is 0.520. The lowest BCUT2D eigenvalue weighted by Crippen LogP contribution is -2.45. The fourth-order valence-corrected chi connectivity index (χ4v) is 4.08. The highest BCUT2D eigenvalue weighted by Gasteiger charge is 2.23. The van der Waals surface area contributed by atoms with Crippen LogP contribution in [0.1, 0.15) is 51.7 Å². The second-order valence-electron chi connectivity index (χ2n) is 8.59. The van der Waals surface area contributed by atoms with Gasteiger partial charge in [-0.25, -0.2) is 0 Å². The van der Waals surface area contributed by atoms with Crippen LogP contribution in [0, 0.1) is 0 Å². The van der Waals surface area contributed by atoms with Gasteiger partial charge in [-0.1, -0.05) is 56.3 Å². The van der Waals surface area contributed by atoms with Gasteiger partial charge in [-0.2, -0.15) is 0 Å². The summed E-state index contributed by atoms with van der Waals surface area (Å²) in [7, 11) is 0. The molecular formula is C25H35NO2. The van der Waals surface area contributed by atoms with E-state index in [0.717, 1.165) is 38.4 Å². The standard InChI is InChI=1S/C25H35NO2/c1-20-18-26(19-21(2)28-20)16-8-9-17-27-24-14-12-23(13-15-24)25(3,4)22-10-6-5-7-11-22/h5-7,10-15,20-21H,8-9,16-19H2,1-4H3/t20-,21-/m1/s1. The van der Waals surface area contributed by atoms with Crippen molar-refractivity contribution in [2.24, 2.45) is 0 Å². The van der Waals surface area contributed by atoms with E-state index in [1.807, 2.05) is 0 Å². The fourth-order valence-electron chi connectivity index (χ4n) is 4.08. The van der Waals surface area contributed by atoms with E-state index in [0.29, 0.717) is 12.2 Å². The van der Waals surface area contributed by atoms with E-state index >= 15 is 0 Å². The van der Waals surface area contributed by atoms with Gasteiger partial charge < -0.3 is 9.47 Å². The summed E-state index contributed by atoms with van der Waals surface area (Å²) >= 11 is 0. The number of hydrogen-bond donors (Lipinski definition) is 0. The molecule has 0 bridgehead atoms. The maximum Gasteiger partial charge on any atom is 0.119 e. The zero-order chi connectivity index (χ0) is 20.0. The molecule has 0 aliphatic carbocycles. The lowest BCUT2D eigenvalue weighted by atomic mass is 9.78. The molecule has 1 heterocycles. The van der Waals surface area contributed by atoms with Gasteiger partial charge in [-0.05, 0) is 56.5 Å². The second-order valence-corrected chi connectivity index (χ2v) is 8.59. The molecule has 0 N–H and O–H groups in total. The van der Waals surface area contributed by atoms with E-state index in [1.54, 1.807) is 0 Å². The van der Waals surface area contributed by atoms with E-state index < -0.39 is 0 Å². The Bertz CT molecular complexity index is 701. The first-order valence-corrected chi connectivity index (χ1v) is 10.6. The first-order chi connectivity index (χ1) is 13.4. The molecule has 2 atom stereocenters. The molecule has 0 unspecified atom stereocenters. The number of benzene rings is 2. The summed E-state index contributed by atoms with van der Waals surface area (Å²) in [6.07, 6.45) is 2.94. The number of ether oxygens (including phenoxy) is 2. The molecule has 1 fully saturated rings. The highest BCUT2D eigenvalue weighted by atomic mass is 16.5. The molecule has 3 rings (SSSR count). The average molecular weight is 382 g/mol. The minimum Gasteiger partial charge on any atom is -0.494 e. The maximum absolute atomic E-state index is 5.97. The van der Waals surface area contributed by atoms with Crippen LogP contribution in [0.5, 0.6) is 5.75 Å². The smallest absolute Gasteiger partial charge is 0.119 e. The predicted molar refractivity (Wildman–Crippen MR) is 116 cm³/mol. The Morgan fingerprint density at radius 3 is 2.14 bits per heavy atom. The van der Waals surface area contributed by atoms with E-state index in [2.05, 4.69) is 87.2 Å². The van der Waals surface area contributed by atoms with Crippen molar-refractivity contribution in [3.05, 3.63) is 65.7 Å². The van der Waals surface area contributed by atoms with Gasteiger partial charge in [0, 0.05) is 18.5 Å². The molecule has 3 nitrogen and oxygen atoms in total. The van der Waals surface area contributed by atoms with Gasteiger partial charge in [0.15, 0.2) is 0 Å². The largest absolute Gasteiger partial charge is 0.494 e. The first-order valence-electron chi connectivity index (χ1n) is 10.6. The summed E-state index contributed by atoms with van der Waals surface area (Å²) in [6.45, 7) is 12.9. The van der Waals surface area contributed by atoms with Crippen LogP contribution in [0.4, 0.5) is 0 Å². The number of unbranched alkanes of at least 4 members (excludes halogenated alkanes) is 1. The quantitative estimate of drug-likeness (QED) is 0.581. The van der Waals surface area contributed by atoms with Crippen molar-refractivity contribution in [1.29, 1.82) is 0 Å². The van der Waals surface area contributed by atoms with E-state index in [9.17, 15) is 0 Å². The third-order valence-corrected chi connectivity index (χ3v) is 5.70. The summed E-state index contributed by atoms with van der Waals surface area (Å²) in [5.74, 6) is 0.959. The number of rotatable bonds is 8. The van der Waals surface area contributed by atoms with Crippen molar-refractivity contribution in [2.75, 3.05) is 26.2 Å². The Morgan fingerprint density at radius 2 is 1.50 bits per heavy atom. The zero-order valence-corrected chi connectivity index (χ0v) is 17.9. The van der Waals surface area contributed by atoms with Crippen LogP contribution in [-0.2, 0) is 10.2 Å². The highest BCUT2D eigenvalue weighted by Crippen LogP contribution is 2.32. The van der Waals surface area contributed by atoms with Gasteiger partial charge in [0.25, 0.3) is 0 Å². The summed E-state index contributed by atoms with van der Waals surface area (Å²) in [5.41, 5.74) is 2.63. The predicted octanol–water partition coefficient (Wildman–Crippen LogP) is 5.28. The van der Waals surface area contributed by atoms with Crippen molar-refractivity contribution >= 4 is 0 Å². The number of morpholine rings is 1. The summed E-state index contributed by atoms with van der Waals surface area (Å²) < 4.78 is 11.8. The molecule has 28 heavy (non-hydrogen) atoms. The van der Waals surface area contributed by atoms with E-state index in [-0.39, 0.29) is 5.41 Å². The average Bonchev–Trinajstić information content (AvgIpc) is 2.68. The monoisotopic (exact) mass is 381 g/mol. The SMILES string of the molecule is C[C@@H]1CN(CCCCOc2ccc(C(C)(C)c3ccccc3)cc2)C[C@@H](C)O1. The topological polar surface area (TPSA) is 21.7 Å². The Balaban J connectivity index is 1.42. The highest BCUT2D eigenvalue weighted by molar-refractivity contribution is 5.39. The van der Waals surface area contributed by atoms with Gasteiger partial charge in [0.2, 0.25) is 0 Å². The van der Waals surface area contributed by atoms with Crippen molar-refractivity contribution in [2.45, 2.75) is 58.2 Å². The Hall–Kier alpha value is -1.84. The Labute approximate surface area is 170 Å². The van der Waals surface area contributed by atoms with E-state index in [4.69, 9.17) is 9.47 Å². The van der Waals surface area contributed by atoms with Crippen LogP contribution < -0.4 is 4.74 Å². The molecule has 0 aromatic heterocycles. The summed E-state index contributed by atoms with van der Waals surface area (Å²) in [6, 6.07) is 19.3. The molecule has 152 valence electrons. The number of nitrogens with zero attached hydrogens (tertiary/aromatic N) is 1. The lowest BCUT2D eigenvalue weighted by Gasteiger charge is -2.35. The molecule has 0 spiro atoms. The number of hydrogen-bond acceptors (Lipinski definition) is 3. The summed E-state index contributed by atoms with van der Waals surface area (Å²) in [4.78, 5) is 2.51. The minimum absolute atomic E-state index is 0.00772. The van der Waals surface area contributed by atoms with Crippen LogP contribution >= 0.6 is 0 Å². The molecule has 2 aromatic rings. The maximum atomic E-state index is 5.97. The second kappa shape index (κ2) is 9.58. The Morgan fingerprint density at radius 1 is 0.893 bits per heavy atom. The molecule has 2 aromatic carbocycles. The molecule has 1 aliphatic rings. The Kier molecular flexibility index (Phi) is 7.14. The van der Waals surface area contributed by atoms with Gasteiger partial charge in [0.05, 0.1) is 18.8 Å². The van der Waals surface area contributed by atoms with Crippen LogP contribution in [0.3, 0.4) is 0 Å².